The van der Waals surface area contributed by atoms with E-state index in [4.69, 9.17) is 4.42 Å². The first kappa shape index (κ1) is 16.9. The lowest BCUT2D eigenvalue weighted by Crippen LogP contribution is -2.01. The van der Waals surface area contributed by atoms with Crippen LogP contribution in [0.5, 0.6) is 5.75 Å². The zero-order valence-corrected chi connectivity index (χ0v) is 14.9. The minimum absolute atomic E-state index is 0.0640. The van der Waals surface area contributed by atoms with Gasteiger partial charge in [-0.05, 0) is 49.0 Å². The molecular formula is C16H10F2N4O2S2. The van der Waals surface area contributed by atoms with Crippen LogP contribution in [0.15, 0.2) is 51.3 Å². The van der Waals surface area contributed by atoms with Crippen LogP contribution in [0.1, 0.15) is 4.88 Å². The fraction of sp³-hybridized carbons (Fsp3) is 0.125. The summed E-state index contributed by atoms with van der Waals surface area (Å²) in [4.78, 5) is 10.6. The van der Waals surface area contributed by atoms with Crippen LogP contribution in [0.4, 0.5) is 8.78 Å². The van der Waals surface area contributed by atoms with Gasteiger partial charge in [-0.3, -0.25) is 0 Å². The van der Waals surface area contributed by atoms with Crippen LogP contribution in [-0.2, 0) is 0 Å². The molecule has 3 heterocycles. The molecule has 0 aliphatic heterocycles. The lowest BCUT2D eigenvalue weighted by molar-refractivity contribution is -0.0498. The van der Waals surface area contributed by atoms with Crippen molar-refractivity contribution in [3.63, 3.8) is 0 Å². The Morgan fingerprint density at radius 1 is 1.15 bits per heavy atom. The summed E-state index contributed by atoms with van der Waals surface area (Å²) in [6.45, 7) is -0.856. The average Bonchev–Trinajstić information content (AvgIpc) is 3.21. The lowest BCUT2D eigenvalue weighted by atomic mass is 10.2. The van der Waals surface area contributed by atoms with Gasteiger partial charge in [0.1, 0.15) is 21.9 Å². The monoisotopic (exact) mass is 392 g/mol. The minimum Gasteiger partial charge on any atom is -0.435 e. The van der Waals surface area contributed by atoms with Gasteiger partial charge in [-0.25, -0.2) is 9.97 Å². The Labute approximate surface area is 154 Å². The number of benzene rings is 1. The normalized spacial score (nSPS) is 11.4. The van der Waals surface area contributed by atoms with E-state index in [-0.39, 0.29) is 11.6 Å². The van der Waals surface area contributed by atoms with E-state index in [2.05, 4.69) is 24.9 Å². The molecule has 0 atom stereocenters. The molecule has 0 aliphatic rings. The summed E-state index contributed by atoms with van der Waals surface area (Å²) in [6.07, 6.45) is 1.50. The molecule has 0 amide bonds. The molecule has 4 rings (SSSR count). The lowest BCUT2D eigenvalue weighted by Gasteiger charge is -2.03. The fourth-order valence-corrected chi connectivity index (χ4v) is 3.91. The highest BCUT2D eigenvalue weighted by atomic mass is 32.2. The smallest absolute Gasteiger partial charge is 0.387 e. The SMILES string of the molecule is Cc1cc2c(Sc3nnc(-c4ccc(OC(F)F)cc4)o3)ncnc2s1. The van der Waals surface area contributed by atoms with Crippen molar-refractivity contribution < 1.29 is 17.9 Å². The molecule has 10 heteroatoms. The van der Waals surface area contributed by atoms with Crippen LogP contribution < -0.4 is 4.74 Å². The Bertz CT molecular complexity index is 1050. The number of halogens is 2. The third-order valence-electron chi connectivity index (χ3n) is 3.33. The number of rotatable bonds is 5. The van der Waals surface area contributed by atoms with Crippen molar-refractivity contribution >= 4 is 33.3 Å². The van der Waals surface area contributed by atoms with E-state index in [0.29, 0.717) is 10.8 Å². The molecule has 0 fully saturated rings. The molecule has 0 saturated carbocycles. The Kier molecular flexibility index (Phi) is 4.51. The van der Waals surface area contributed by atoms with Crippen LogP contribution in [0.25, 0.3) is 21.7 Å². The van der Waals surface area contributed by atoms with Gasteiger partial charge in [0.2, 0.25) is 5.89 Å². The van der Waals surface area contributed by atoms with Crippen molar-refractivity contribution in [2.75, 3.05) is 0 Å². The predicted octanol–water partition coefficient (Wildman–Crippen LogP) is 4.80. The van der Waals surface area contributed by atoms with Crippen molar-refractivity contribution in [3.8, 4) is 17.2 Å². The number of aryl methyl sites for hydroxylation is 1. The second-order valence-corrected chi connectivity index (χ2v) is 7.31. The van der Waals surface area contributed by atoms with Crippen molar-refractivity contribution in [2.45, 2.75) is 23.8 Å². The standard InChI is InChI=1S/C16H10F2N4O2S2/c1-8-6-11-13(25-8)19-7-20-14(11)26-16-22-21-12(24-16)9-2-4-10(5-3-9)23-15(17)18/h2-7,15H,1H3. The van der Waals surface area contributed by atoms with Gasteiger partial charge in [-0.2, -0.15) is 8.78 Å². The molecule has 0 saturated heterocycles. The van der Waals surface area contributed by atoms with Crippen LogP contribution in [0, 0.1) is 6.92 Å². The molecular weight excluding hydrogens is 382 g/mol. The summed E-state index contributed by atoms with van der Waals surface area (Å²) in [7, 11) is 0. The topological polar surface area (TPSA) is 73.9 Å². The van der Waals surface area contributed by atoms with E-state index in [1.54, 1.807) is 23.5 Å². The molecule has 0 bridgehead atoms. The molecule has 26 heavy (non-hydrogen) atoms. The molecule has 4 aromatic rings. The Morgan fingerprint density at radius 3 is 2.73 bits per heavy atom. The number of fused-ring (bicyclic) bond motifs is 1. The van der Waals surface area contributed by atoms with Crippen LogP contribution in [0.2, 0.25) is 0 Å². The first-order chi connectivity index (χ1) is 12.6. The molecule has 3 aromatic heterocycles. The van der Waals surface area contributed by atoms with Gasteiger partial charge in [0, 0.05) is 15.8 Å². The van der Waals surface area contributed by atoms with Gasteiger partial charge in [-0.15, -0.1) is 21.5 Å². The molecule has 6 nitrogen and oxygen atoms in total. The van der Waals surface area contributed by atoms with Crippen molar-refractivity contribution in [2.24, 2.45) is 0 Å². The maximum absolute atomic E-state index is 12.2. The van der Waals surface area contributed by atoms with E-state index in [1.807, 2.05) is 13.0 Å². The fourth-order valence-electron chi connectivity index (χ4n) is 2.26. The summed E-state index contributed by atoms with van der Waals surface area (Å²) < 4.78 is 34.3. The van der Waals surface area contributed by atoms with Gasteiger partial charge < -0.3 is 9.15 Å². The molecule has 0 radical (unpaired) electrons. The van der Waals surface area contributed by atoms with Crippen LogP contribution >= 0.6 is 23.1 Å². The van der Waals surface area contributed by atoms with Crippen molar-refractivity contribution in [3.05, 3.63) is 41.5 Å². The predicted molar refractivity (Wildman–Crippen MR) is 92.6 cm³/mol. The summed E-state index contributed by atoms with van der Waals surface area (Å²) in [5.41, 5.74) is 0.602. The van der Waals surface area contributed by atoms with Gasteiger partial charge in [0.05, 0.1) is 0 Å². The summed E-state index contributed by atoms with van der Waals surface area (Å²) in [6, 6.07) is 8.00. The number of ether oxygens (including phenoxy) is 1. The van der Waals surface area contributed by atoms with Gasteiger partial charge in [0.25, 0.3) is 5.22 Å². The summed E-state index contributed by atoms with van der Waals surface area (Å²) in [5.74, 6) is 0.344. The number of thiophene rings is 1. The van der Waals surface area contributed by atoms with Gasteiger partial charge >= 0.3 is 6.61 Å². The molecule has 1 aromatic carbocycles. The van der Waals surface area contributed by atoms with E-state index in [9.17, 15) is 8.78 Å². The Hall–Kier alpha value is -2.59. The summed E-state index contributed by atoms with van der Waals surface area (Å²) in [5, 5.41) is 10.0. The average molecular weight is 392 g/mol. The zero-order valence-electron chi connectivity index (χ0n) is 13.2. The second-order valence-electron chi connectivity index (χ2n) is 5.13. The molecule has 0 aliphatic carbocycles. The highest BCUT2D eigenvalue weighted by molar-refractivity contribution is 7.99. The molecule has 0 N–H and O–H groups in total. The van der Waals surface area contributed by atoms with E-state index in [1.165, 1.54) is 30.2 Å². The van der Waals surface area contributed by atoms with Crippen LogP contribution in [-0.4, -0.2) is 26.8 Å². The molecule has 0 unspecified atom stereocenters. The number of hydrogen-bond acceptors (Lipinski definition) is 8. The highest BCUT2D eigenvalue weighted by Crippen LogP contribution is 2.34. The molecule has 0 spiro atoms. The number of alkyl halides is 2. The first-order valence-electron chi connectivity index (χ1n) is 7.36. The van der Waals surface area contributed by atoms with Gasteiger partial charge in [0.15, 0.2) is 0 Å². The van der Waals surface area contributed by atoms with E-state index >= 15 is 0 Å². The molecule has 132 valence electrons. The number of nitrogens with zero attached hydrogens (tertiary/aromatic N) is 4. The summed E-state index contributed by atoms with van der Waals surface area (Å²) >= 11 is 2.84. The van der Waals surface area contributed by atoms with E-state index in [0.717, 1.165) is 20.1 Å². The van der Waals surface area contributed by atoms with E-state index < -0.39 is 6.61 Å². The minimum atomic E-state index is -2.86. The Balaban J connectivity index is 1.56. The van der Waals surface area contributed by atoms with Crippen LogP contribution in [0.3, 0.4) is 0 Å². The largest absolute Gasteiger partial charge is 0.435 e. The van der Waals surface area contributed by atoms with Gasteiger partial charge in [-0.1, -0.05) is 0 Å². The number of hydrogen-bond donors (Lipinski definition) is 0. The number of aromatic nitrogens is 4. The zero-order chi connectivity index (χ0) is 18.1. The third-order valence-corrected chi connectivity index (χ3v) is 5.15. The maximum Gasteiger partial charge on any atom is 0.387 e. The third kappa shape index (κ3) is 3.51. The Morgan fingerprint density at radius 2 is 1.96 bits per heavy atom. The quantitative estimate of drug-likeness (QED) is 0.452. The highest BCUT2D eigenvalue weighted by Gasteiger charge is 2.14. The second kappa shape index (κ2) is 6.96. The van der Waals surface area contributed by atoms with Crippen molar-refractivity contribution in [1.82, 2.24) is 20.2 Å². The maximum atomic E-state index is 12.2. The first-order valence-corrected chi connectivity index (χ1v) is 8.99. The van der Waals surface area contributed by atoms with Crippen molar-refractivity contribution in [1.29, 1.82) is 0 Å².